The highest BCUT2D eigenvalue weighted by atomic mass is 35.5. The molecule has 3 N–H and O–H groups in total. The van der Waals surface area contributed by atoms with Gasteiger partial charge in [0, 0.05) is 24.8 Å². The van der Waals surface area contributed by atoms with E-state index < -0.39 is 5.54 Å². The quantitative estimate of drug-likeness (QED) is 0.762. The van der Waals surface area contributed by atoms with Gasteiger partial charge in [0.1, 0.15) is 0 Å². The van der Waals surface area contributed by atoms with Crippen LogP contribution in [0.1, 0.15) is 37.3 Å². The Hall–Kier alpha value is -0.560. The van der Waals surface area contributed by atoms with Gasteiger partial charge in [0.05, 0.1) is 11.6 Å². The van der Waals surface area contributed by atoms with Crippen LogP contribution in [0.15, 0.2) is 24.3 Å². The van der Waals surface area contributed by atoms with Crippen LogP contribution >= 0.6 is 36.4 Å². The molecule has 1 amide bonds. The number of likely N-dealkylation sites (tertiary alicyclic amines) is 1. The predicted molar refractivity (Wildman–Crippen MR) is 109 cm³/mol. The van der Waals surface area contributed by atoms with Gasteiger partial charge in [-0.1, -0.05) is 23.7 Å². The Morgan fingerprint density at radius 1 is 1.27 bits per heavy atom. The normalized spacial score (nSPS) is 20.5. The van der Waals surface area contributed by atoms with Gasteiger partial charge in [-0.15, -0.1) is 24.8 Å². The zero-order chi connectivity index (χ0) is 17.0. The molecular formula is C18H28Cl3N3O2. The lowest BCUT2D eigenvalue weighted by Gasteiger charge is -2.34. The highest BCUT2D eigenvalue weighted by Gasteiger charge is 2.36. The van der Waals surface area contributed by atoms with E-state index in [-0.39, 0.29) is 36.8 Å². The molecule has 2 aliphatic heterocycles. The molecular weight excluding hydrogens is 397 g/mol. The zero-order valence-corrected chi connectivity index (χ0v) is 17.2. The molecule has 5 nitrogen and oxygen atoms in total. The average Bonchev–Trinajstić information content (AvgIpc) is 3.10. The summed E-state index contributed by atoms with van der Waals surface area (Å²) in [4.78, 5) is 15.0. The first-order chi connectivity index (χ1) is 11.6. The first-order valence-electron chi connectivity index (χ1n) is 8.73. The highest BCUT2D eigenvalue weighted by molar-refractivity contribution is 6.30. The number of carbonyl (C=O) groups is 1. The second-order valence-electron chi connectivity index (χ2n) is 6.79. The van der Waals surface area contributed by atoms with E-state index in [9.17, 15) is 4.79 Å². The molecule has 148 valence electrons. The Bertz CT molecular complexity index is 577. The third-order valence-electron chi connectivity index (χ3n) is 5.11. The van der Waals surface area contributed by atoms with E-state index in [4.69, 9.17) is 22.1 Å². The molecule has 0 aromatic heterocycles. The first-order valence-corrected chi connectivity index (χ1v) is 9.11. The number of amides is 1. The van der Waals surface area contributed by atoms with E-state index in [1.807, 2.05) is 18.2 Å². The lowest BCUT2D eigenvalue weighted by atomic mass is 9.90. The fourth-order valence-electron chi connectivity index (χ4n) is 3.55. The van der Waals surface area contributed by atoms with E-state index in [0.29, 0.717) is 32.6 Å². The summed E-state index contributed by atoms with van der Waals surface area (Å²) >= 11 is 6.16. The van der Waals surface area contributed by atoms with Gasteiger partial charge in [-0.3, -0.25) is 9.69 Å². The molecule has 0 saturated carbocycles. The summed E-state index contributed by atoms with van der Waals surface area (Å²) in [5.74, 6) is -0.0722. The van der Waals surface area contributed by atoms with E-state index >= 15 is 0 Å². The number of hydrogen-bond acceptors (Lipinski definition) is 4. The smallest absolute Gasteiger partial charge is 0.240 e. The number of nitrogens with one attached hydrogen (secondary N) is 1. The summed E-state index contributed by atoms with van der Waals surface area (Å²) in [6.45, 7) is 3.75. The van der Waals surface area contributed by atoms with Crippen molar-refractivity contribution < 1.29 is 9.53 Å². The van der Waals surface area contributed by atoms with Crippen molar-refractivity contribution in [3.63, 3.8) is 0 Å². The van der Waals surface area contributed by atoms with Crippen molar-refractivity contribution in [2.24, 2.45) is 5.73 Å². The number of nitrogens with zero attached hydrogens (tertiary/aromatic N) is 1. The van der Waals surface area contributed by atoms with Crippen LogP contribution in [-0.2, 0) is 9.53 Å². The van der Waals surface area contributed by atoms with E-state index in [0.717, 1.165) is 23.7 Å². The minimum atomic E-state index is -0.803. The number of ether oxygens (including phenoxy) is 1. The van der Waals surface area contributed by atoms with Gasteiger partial charge in [0.25, 0.3) is 0 Å². The maximum Gasteiger partial charge on any atom is 0.240 e. The second-order valence-corrected chi connectivity index (χ2v) is 7.23. The van der Waals surface area contributed by atoms with Crippen molar-refractivity contribution >= 4 is 42.3 Å². The van der Waals surface area contributed by atoms with E-state index in [1.54, 1.807) is 0 Å². The Morgan fingerprint density at radius 3 is 2.54 bits per heavy atom. The number of halogens is 3. The average molecular weight is 425 g/mol. The van der Waals surface area contributed by atoms with Crippen molar-refractivity contribution in [2.45, 2.75) is 37.3 Å². The third-order valence-corrected chi connectivity index (χ3v) is 5.34. The van der Waals surface area contributed by atoms with Gasteiger partial charge >= 0.3 is 0 Å². The Morgan fingerprint density at radius 2 is 1.92 bits per heavy atom. The standard InChI is InChI=1S/C18H26ClN3O2.2ClH/c19-15-5-3-4-14(12-15)16(22-8-1-2-9-22)13-21-17(23)18(20)6-10-24-11-7-18;;/h3-5,12,16H,1-2,6-11,13,20H2,(H,21,23);2*1H. The van der Waals surface area contributed by atoms with Crippen molar-refractivity contribution in [1.29, 1.82) is 0 Å². The van der Waals surface area contributed by atoms with Gasteiger partial charge in [-0.25, -0.2) is 0 Å². The molecule has 0 spiro atoms. The molecule has 8 heteroatoms. The summed E-state index contributed by atoms with van der Waals surface area (Å²) in [6.07, 6.45) is 3.54. The van der Waals surface area contributed by atoms with Crippen LogP contribution < -0.4 is 11.1 Å². The van der Waals surface area contributed by atoms with Gasteiger partial charge in [-0.05, 0) is 56.5 Å². The maximum absolute atomic E-state index is 12.6. The van der Waals surface area contributed by atoms with Crippen molar-refractivity contribution in [2.75, 3.05) is 32.8 Å². The number of rotatable bonds is 5. The van der Waals surface area contributed by atoms with Crippen LogP contribution in [0, 0.1) is 0 Å². The number of benzene rings is 1. The Kier molecular flexibility index (Phi) is 9.65. The molecule has 1 unspecified atom stereocenters. The van der Waals surface area contributed by atoms with Crippen molar-refractivity contribution in [3.8, 4) is 0 Å². The van der Waals surface area contributed by atoms with E-state index in [1.165, 1.54) is 12.8 Å². The Balaban J connectivity index is 0.00000169. The SMILES string of the molecule is Cl.Cl.NC1(C(=O)NCC(c2cccc(Cl)c2)N2CCCC2)CCOCC1. The topological polar surface area (TPSA) is 67.6 Å². The molecule has 1 atom stereocenters. The summed E-state index contributed by atoms with van der Waals surface area (Å²) in [5.41, 5.74) is 6.62. The lowest BCUT2D eigenvalue weighted by Crippen LogP contribution is -2.57. The lowest BCUT2D eigenvalue weighted by molar-refractivity contribution is -0.130. The molecule has 2 fully saturated rings. The van der Waals surface area contributed by atoms with E-state index in [2.05, 4.69) is 16.3 Å². The molecule has 2 aliphatic rings. The Labute approximate surface area is 172 Å². The van der Waals surface area contributed by atoms with Crippen LogP contribution in [0.25, 0.3) is 0 Å². The molecule has 3 rings (SSSR count). The zero-order valence-electron chi connectivity index (χ0n) is 14.8. The molecule has 1 aromatic rings. The minimum absolute atomic E-state index is 0. The molecule has 1 aromatic carbocycles. The van der Waals surface area contributed by atoms with Crippen LogP contribution in [0.4, 0.5) is 0 Å². The van der Waals surface area contributed by atoms with Crippen molar-refractivity contribution in [1.82, 2.24) is 10.2 Å². The number of hydrogen-bond donors (Lipinski definition) is 2. The molecule has 0 bridgehead atoms. The maximum atomic E-state index is 12.6. The number of carbonyl (C=O) groups excluding carboxylic acids is 1. The molecule has 2 saturated heterocycles. The van der Waals surface area contributed by atoms with Crippen LogP contribution in [0.3, 0.4) is 0 Å². The first kappa shape index (κ1) is 23.5. The van der Waals surface area contributed by atoms with Crippen LogP contribution in [-0.4, -0.2) is 49.2 Å². The van der Waals surface area contributed by atoms with Crippen molar-refractivity contribution in [3.05, 3.63) is 34.9 Å². The van der Waals surface area contributed by atoms with Crippen LogP contribution in [0.2, 0.25) is 5.02 Å². The predicted octanol–water partition coefficient (Wildman–Crippen LogP) is 2.94. The second kappa shape index (κ2) is 10.7. The van der Waals surface area contributed by atoms with Gasteiger partial charge in [0.15, 0.2) is 0 Å². The third kappa shape index (κ3) is 5.72. The molecule has 0 radical (unpaired) electrons. The molecule has 2 heterocycles. The summed E-state index contributed by atoms with van der Waals surface area (Å²) in [7, 11) is 0. The molecule has 0 aliphatic carbocycles. The fourth-order valence-corrected chi connectivity index (χ4v) is 3.75. The summed E-state index contributed by atoms with van der Waals surface area (Å²) in [6, 6.07) is 8.04. The minimum Gasteiger partial charge on any atom is -0.381 e. The van der Waals surface area contributed by atoms with Crippen LogP contribution in [0.5, 0.6) is 0 Å². The van der Waals surface area contributed by atoms with Gasteiger partial charge in [-0.2, -0.15) is 0 Å². The van der Waals surface area contributed by atoms with Gasteiger partial charge < -0.3 is 15.8 Å². The van der Waals surface area contributed by atoms with Gasteiger partial charge in [0.2, 0.25) is 5.91 Å². The summed E-state index contributed by atoms with van der Waals surface area (Å²) < 4.78 is 5.32. The monoisotopic (exact) mass is 423 g/mol. The summed E-state index contributed by atoms with van der Waals surface area (Å²) in [5, 5.41) is 3.81. The number of nitrogens with two attached hydrogens (primary N) is 1. The fraction of sp³-hybridized carbons (Fsp3) is 0.611. The largest absolute Gasteiger partial charge is 0.381 e. The highest BCUT2D eigenvalue weighted by Crippen LogP contribution is 2.27. The molecule has 26 heavy (non-hydrogen) atoms.